The molecule has 4 rings (SSSR count). The van der Waals surface area contributed by atoms with Crippen molar-refractivity contribution in [3.8, 4) is 0 Å². The van der Waals surface area contributed by atoms with Gasteiger partial charge in [0, 0.05) is 32.4 Å². The van der Waals surface area contributed by atoms with Crippen molar-refractivity contribution in [2.75, 3.05) is 47.4 Å². The lowest BCUT2D eigenvalue weighted by molar-refractivity contribution is -0.139. The first-order chi connectivity index (χ1) is 16.5. The van der Waals surface area contributed by atoms with Crippen molar-refractivity contribution >= 4 is 34.6 Å². The number of aliphatic carboxylic acids is 1. The number of carboxylic acid groups (broad SMARTS) is 1. The minimum atomic E-state index is -1.30. The van der Waals surface area contributed by atoms with Crippen LogP contribution in [0.1, 0.15) is 15.9 Å². The summed E-state index contributed by atoms with van der Waals surface area (Å²) in [7, 11) is 0. The molecular weight excluding hydrogens is 437 g/mol. The number of Topliss-reactive ketones (excluding diaryl/α,β-unsaturated/α-hetero) is 1. The maximum absolute atomic E-state index is 15.1. The Balaban J connectivity index is 1.56. The predicted molar refractivity (Wildman–Crippen MR) is 130 cm³/mol. The van der Waals surface area contributed by atoms with E-state index in [0.29, 0.717) is 37.6 Å². The van der Waals surface area contributed by atoms with Gasteiger partial charge in [-0.1, -0.05) is 36.4 Å². The van der Waals surface area contributed by atoms with Gasteiger partial charge >= 0.3 is 5.97 Å². The van der Waals surface area contributed by atoms with E-state index in [1.807, 2.05) is 48.5 Å². The fraction of sp³-hybridized carbons (Fsp3) is 0.240. The van der Waals surface area contributed by atoms with Crippen LogP contribution in [0.2, 0.25) is 0 Å². The van der Waals surface area contributed by atoms with Crippen LogP contribution in [-0.4, -0.2) is 48.0 Å². The van der Waals surface area contributed by atoms with Crippen molar-refractivity contribution in [2.24, 2.45) is 5.92 Å². The first-order valence-electron chi connectivity index (χ1n) is 11.0. The molecule has 1 unspecified atom stereocenters. The average molecular weight is 464 g/mol. The van der Waals surface area contributed by atoms with Crippen molar-refractivity contribution in [1.29, 1.82) is 0 Å². The van der Waals surface area contributed by atoms with Crippen molar-refractivity contribution in [3.63, 3.8) is 0 Å². The number of nitrogens with zero attached hydrogens (tertiary/aromatic N) is 2. The molecule has 1 aliphatic rings. The van der Waals surface area contributed by atoms with Gasteiger partial charge in [-0.05, 0) is 30.2 Å². The Hall–Kier alpha value is -4.14. The first kappa shape index (κ1) is 23.0. The minimum Gasteiger partial charge on any atom is -0.481 e. The van der Waals surface area contributed by atoms with Gasteiger partial charge in [-0.3, -0.25) is 9.59 Å². The highest BCUT2D eigenvalue weighted by atomic mass is 19.1. The third-order valence-electron chi connectivity index (χ3n) is 5.81. The molecule has 2 aromatic carbocycles. The lowest BCUT2D eigenvalue weighted by Gasteiger charge is -2.35. The Morgan fingerprint density at radius 1 is 1.15 bits per heavy atom. The van der Waals surface area contributed by atoms with Gasteiger partial charge in [-0.15, -0.1) is 0 Å². The molecular formula is C25H26FN5O3. The van der Waals surface area contributed by atoms with Crippen molar-refractivity contribution in [1.82, 2.24) is 4.98 Å². The number of nitrogens with two attached hydrogens (primary N) is 1. The third kappa shape index (κ3) is 4.93. The number of carbonyl (C=O) groups is 2. The highest BCUT2D eigenvalue weighted by Crippen LogP contribution is 2.39. The zero-order valence-electron chi connectivity index (χ0n) is 18.5. The standard InChI is InChI=1S/C25H26FN5O3/c26-22-18(28-11-12-30-20-8-4-5-10-29-20)14-19-21(23(22)27)24(32)17(25(33)34)15-31(19)13-9-16-6-2-1-3-7-16/h1-8,10,14,17,28H,9,11-13,15,27H2,(H,29,30)(H,33,34). The molecule has 0 saturated heterocycles. The number of anilines is 4. The van der Waals surface area contributed by atoms with Crippen LogP contribution in [0.5, 0.6) is 0 Å². The highest BCUT2D eigenvalue weighted by Gasteiger charge is 2.39. The normalized spacial score (nSPS) is 15.0. The number of hydrogen-bond donors (Lipinski definition) is 4. The molecule has 34 heavy (non-hydrogen) atoms. The highest BCUT2D eigenvalue weighted by molar-refractivity contribution is 6.16. The molecule has 1 atom stereocenters. The Morgan fingerprint density at radius 3 is 2.59 bits per heavy atom. The summed E-state index contributed by atoms with van der Waals surface area (Å²) in [5.41, 5.74) is 7.31. The number of halogens is 1. The molecule has 0 radical (unpaired) electrons. The smallest absolute Gasteiger partial charge is 0.316 e. The molecule has 3 aromatic rings. The molecule has 1 aliphatic heterocycles. The summed E-state index contributed by atoms with van der Waals surface area (Å²) in [6, 6.07) is 16.8. The number of fused-ring (bicyclic) bond motifs is 1. The number of ketones is 1. The Bertz CT molecular complexity index is 1170. The topological polar surface area (TPSA) is 121 Å². The number of hydrogen-bond acceptors (Lipinski definition) is 7. The maximum Gasteiger partial charge on any atom is 0.316 e. The number of carboxylic acids is 1. The first-order valence-corrected chi connectivity index (χ1v) is 11.0. The zero-order chi connectivity index (χ0) is 24.1. The Morgan fingerprint density at radius 2 is 1.88 bits per heavy atom. The van der Waals surface area contributed by atoms with Gasteiger partial charge in [0.25, 0.3) is 0 Å². The van der Waals surface area contributed by atoms with Crippen LogP contribution in [-0.2, 0) is 11.2 Å². The second kappa shape index (κ2) is 10.2. The van der Waals surface area contributed by atoms with Gasteiger partial charge in [-0.2, -0.15) is 0 Å². The van der Waals surface area contributed by atoms with Crippen molar-refractivity contribution in [2.45, 2.75) is 6.42 Å². The molecule has 0 saturated carbocycles. The van der Waals surface area contributed by atoms with E-state index in [9.17, 15) is 14.7 Å². The molecule has 0 amide bonds. The molecule has 0 bridgehead atoms. The number of aromatic nitrogens is 1. The Labute approximate surface area is 196 Å². The van der Waals surface area contributed by atoms with Crippen LogP contribution in [0.25, 0.3) is 0 Å². The van der Waals surface area contributed by atoms with E-state index in [0.717, 1.165) is 5.56 Å². The lowest BCUT2D eigenvalue weighted by atomic mass is 9.89. The van der Waals surface area contributed by atoms with E-state index < -0.39 is 23.5 Å². The number of pyridine rings is 1. The maximum atomic E-state index is 15.1. The van der Waals surface area contributed by atoms with Gasteiger partial charge in [0.1, 0.15) is 11.7 Å². The van der Waals surface area contributed by atoms with Crippen LogP contribution in [0, 0.1) is 11.7 Å². The molecule has 0 spiro atoms. The molecule has 176 valence electrons. The monoisotopic (exact) mass is 463 g/mol. The summed E-state index contributed by atoms with van der Waals surface area (Å²) in [5, 5.41) is 15.7. The second-order valence-corrected chi connectivity index (χ2v) is 8.05. The molecule has 9 heteroatoms. The van der Waals surface area contributed by atoms with E-state index >= 15 is 4.39 Å². The van der Waals surface area contributed by atoms with Crippen LogP contribution >= 0.6 is 0 Å². The molecule has 8 nitrogen and oxygen atoms in total. The molecule has 1 aromatic heterocycles. The number of carbonyl (C=O) groups excluding carboxylic acids is 1. The number of benzene rings is 2. The van der Waals surface area contributed by atoms with Gasteiger partial charge < -0.3 is 26.4 Å². The number of nitrogens with one attached hydrogen (secondary N) is 2. The van der Waals surface area contributed by atoms with Gasteiger partial charge in [0.15, 0.2) is 11.6 Å². The summed E-state index contributed by atoms with van der Waals surface area (Å²) in [4.78, 5) is 30.6. The van der Waals surface area contributed by atoms with Crippen LogP contribution in [0.3, 0.4) is 0 Å². The van der Waals surface area contributed by atoms with Crippen molar-refractivity contribution in [3.05, 3.63) is 77.7 Å². The number of nitrogen functional groups attached to an aromatic ring is 1. The fourth-order valence-electron chi connectivity index (χ4n) is 4.04. The summed E-state index contributed by atoms with van der Waals surface area (Å²) in [6.45, 7) is 1.31. The third-order valence-corrected chi connectivity index (χ3v) is 5.81. The van der Waals surface area contributed by atoms with Crippen LogP contribution in [0.4, 0.5) is 27.3 Å². The summed E-state index contributed by atoms with van der Waals surface area (Å²) in [5.74, 6) is -3.28. The molecule has 5 N–H and O–H groups in total. The zero-order valence-corrected chi connectivity index (χ0v) is 18.5. The van der Waals surface area contributed by atoms with Gasteiger partial charge in [0.05, 0.1) is 22.6 Å². The van der Waals surface area contributed by atoms with Crippen LogP contribution in [0.15, 0.2) is 60.8 Å². The van der Waals surface area contributed by atoms with Gasteiger partial charge in [-0.25, -0.2) is 9.37 Å². The number of rotatable bonds is 9. The molecule has 0 fully saturated rings. The predicted octanol–water partition coefficient (Wildman–Crippen LogP) is 3.27. The van der Waals surface area contributed by atoms with E-state index in [2.05, 4.69) is 15.6 Å². The van der Waals surface area contributed by atoms with Gasteiger partial charge in [0.2, 0.25) is 0 Å². The molecule has 2 heterocycles. The van der Waals surface area contributed by atoms with Crippen molar-refractivity contribution < 1.29 is 19.1 Å². The second-order valence-electron chi connectivity index (χ2n) is 8.05. The van der Waals surface area contributed by atoms with E-state index in [4.69, 9.17) is 5.73 Å². The van der Waals surface area contributed by atoms with Crippen LogP contribution < -0.4 is 21.3 Å². The fourth-order valence-corrected chi connectivity index (χ4v) is 4.04. The van der Waals surface area contributed by atoms with E-state index in [1.54, 1.807) is 17.2 Å². The SMILES string of the molecule is Nc1c(F)c(NCCNc2ccccn2)cc2c1C(=O)C(C(=O)O)CN2CCc1ccccc1. The molecule has 0 aliphatic carbocycles. The van der Waals surface area contributed by atoms with E-state index in [1.165, 1.54) is 0 Å². The summed E-state index contributed by atoms with van der Waals surface area (Å²) < 4.78 is 15.1. The largest absolute Gasteiger partial charge is 0.481 e. The summed E-state index contributed by atoms with van der Waals surface area (Å²) in [6.07, 6.45) is 2.31. The minimum absolute atomic E-state index is 0.000253. The quantitative estimate of drug-likeness (QED) is 0.217. The Kier molecular flexibility index (Phi) is 6.91. The average Bonchev–Trinajstić information content (AvgIpc) is 2.85. The summed E-state index contributed by atoms with van der Waals surface area (Å²) >= 11 is 0. The lowest BCUT2D eigenvalue weighted by Crippen LogP contribution is -2.44. The van der Waals surface area contributed by atoms with E-state index in [-0.39, 0.29) is 23.5 Å².